The van der Waals surface area contributed by atoms with Crippen molar-refractivity contribution in [2.75, 3.05) is 26.4 Å². The molecule has 2 saturated carbocycles. The molecule has 3 rings (SSSR count). The van der Waals surface area contributed by atoms with Crippen LogP contribution in [-0.4, -0.2) is 50.5 Å². The first kappa shape index (κ1) is 14.3. The summed E-state index contributed by atoms with van der Waals surface area (Å²) in [6.07, 6.45) is 6.22. The average Bonchev–Trinajstić information content (AvgIpc) is 2.99. The fourth-order valence-corrected chi connectivity index (χ4v) is 4.10. The number of carbonyl (C=O) groups is 1. The lowest BCUT2D eigenvalue weighted by Crippen LogP contribution is -2.66. The van der Waals surface area contributed by atoms with Gasteiger partial charge in [-0.05, 0) is 26.2 Å². The average molecular weight is 282 g/mol. The Balaban J connectivity index is 1.58. The van der Waals surface area contributed by atoms with E-state index in [0.717, 1.165) is 19.6 Å². The molecule has 0 aromatic rings. The molecule has 1 amide bonds. The Morgan fingerprint density at radius 1 is 1.45 bits per heavy atom. The van der Waals surface area contributed by atoms with Crippen LogP contribution in [0.25, 0.3) is 0 Å². The minimum Gasteiger partial charge on any atom is -0.378 e. The van der Waals surface area contributed by atoms with E-state index in [0.29, 0.717) is 19.3 Å². The Bertz CT molecular complexity index is 349. The molecule has 3 atom stereocenters. The number of hydrogen-bond acceptors (Lipinski definition) is 4. The van der Waals surface area contributed by atoms with Crippen LogP contribution >= 0.6 is 0 Å². The Kier molecular flexibility index (Phi) is 4.29. The summed E-state index contributed by atoms with van der Waals surface area (Å²) in [4.78, 5) is 12.3. The lowest BCUT2D eigenvalue weighted by Gasteiger charge is -2.54. The molecule has 1 saturated heterocycles. The summed E-state index contributed by atoms with van der Waals surface area (Å²) < 4.78 is 11.2. The molecule has 1 heterocycles. The summed E-state index contributed by atoms with van der Waals surface area (Å²) >= 11 is 0. The zero-order chi connectivity index (χ0) is 14.0. The van der Waals surface area contributed by atoms with Crippen LogP contribution in [0.4, 0.5) is 0 Å². The van der Waals surface area contributed by atoms with E-state index in [2.05, 4.69) is 17.6 Å². The molecule has 3 aliphatic rings. The van der Waals surface area contributed by atoms with Gasteiger partial charge in [0.1, 0.15) is 6.04 Å². The van der Waals surface area contributed by atoms with Gasteiger partial charge < -0.3 is 20.1 Å². The van der Waals surface area contributed by atoms with Crippen molar-refractivity contribution in [3.8, 4) is 0 Å². The molecule has 2 N–H and O–H groups in total. The van der Waals surface area contributed by atoms with Gasteiger partial charge in [0.05, 0.1) is 19.3 Å². The van der Waals surface area contributed by atoms with Gasteiger partial charge in [-0.25, -0.2) is 0 Å². The first-order valence-electron chi connectivity index (χ1n) is 7.99. The fourth-order valence-electron chi connectivity index (χ4n) is 4.10. The largest absolute Gasteiger partial charge is 0.378 e. The quantitative estimate of drug-likeness (QED) is 0.802. The van der Waals surface area contributed by atoms with Crippen molar-refractivity contribution in [2.24, 2.45) is 5.41 Å². The van der Waals surface area contributed by atoms with Crippen LogP contribution in [0.3, 0.4) is 0 Å². The van der Waals surface area contributed by atoms with E-state index in [9.17, 15) is 4.79 Å². The van der Waals surface area contributed by atoms with Crippen LogP contribution in [0.5, 0.6) is 0 Å². The van der Waals surface area contributed by atoms with E-state index < -0.39 is 0 Å². The Hall–Kier alpha value is -0.650. The second kappa shape index (κ2) is 6.00. The highest BCUT2D eigenvalue weighted by atomic mass is 16.5. The van der Waals surface area contributed by atoms with E-state index >= 15 is 0 Å². The lowest BCUT2D eigenvalue weighted by molar-refractivity contribution is -0.146. The molecule has 1 aliphatic heterocycles. The van der Waals surface area contributed by atoms with E-state index in [-0.39, 0.29) is 23.4 Å². The van der Waals surface area contributed by atoms with Crippen molar-refractivity contribution >= 4 is 5.91 Å². The molecule has 5 nitrogen and oxygen atoms in total. The first-order valence-corrected chi connectivity index (χ1v) is 7.99. The molecule has 0 aromatic heterocycles. The Labute approximate surface area is 120 Å². The summed E-state index contributed by atoms with van der Waals surface area (Å²) in [5.41, 5.74) is 0.210. The minimum absolute atomic E-state index is 0.0934. The van der Waals surface area contributed by atoms with Crippen LogP contribution < -0.4 is 10.6 Å². The molecule has 0 radical (unpaired) electrons. The molecule has 3 fully saturated rings. The standard InChI is InChI=1S/C15H26N2O3/c1-2-20-13-9-12(15(13)5-3-4-6-15)17-14(18)11-10-19-8-7-16-11/h11-13,16H,2-10H2,1H3,(H,17,18). The second-order valence-electron chi connectivity index (χ2n) is 6.26. The Morgan fingerprint density at radius 2 is 2.25 bits per heavy atom. The number of carbonyl (C=O) groups excluding carboxylic acids is 1. The number of morpholine rings is 1. The van der Waals surface area contributed by atoms with Crippen LogP contribution in [0.15, 0.2) is 0 Å². The van der Waals surface area contributed by atoms with E-state index in [1.165, 1.54) is 25.7 Å². The molecule has 2 aliphatic carbocycles. The predicted molar refractivity (Wildman–Crippen MR) is 75.5 cm³/mol. The monoisotopic (exact) mass is 282 g/mol. The minimum atomic E-state index is -0.187. The van der Waals surface area contributed by atoms with Gasteiger partial charge in [0.25, 0.3) is 0 Å². The van der Waals surface area contributed by atoms with Crippen molar-refractivity contribution in [3.05, 3.63) is 0 Å². The predicted octanol–water partition coefficient (Wildman–Crippen LogP) is 0.829. The highest BCUT2D eigenvalue weighted by molar-refractivity contribution is 5.82. The van der Waals surface area contributed by atoms with Gasteiger partial charge in [-0.3, -0.25) is 4.79 Å². The maximum atomic E-state index is 12.3. The maximum Gasteiger partial charge on any atom is 0.239 e. The molecule has 20 heavy (non-hydrogen) atoms. The number of nitrogens with one attached hydrogen (secondary N) is 2. The van der Waals surface area contributed by atoms with E-state index in [1.807, 2.05) is 0 Å². The smallest absolute Gasteiger partial charge is 0.239 e. The summed E-state index contributed by atoms with van der Waals surface area (Å²) in [5, 5.41) is 6.47. The molecule has 1 spiro atoms. The van der Waals surface area contributed by atoms with Gasteiger partial charge in [-0.15, -0.1) is 0 Å². The van der Waals surface area contributed by atoms with E-state index in [4.69, 9.17) is 9.47 Å². The van der Waals surface area contributed by atoms with Crippen LogP contribution in [0.2, 0.25) is 0 Å². The van der Waals surface area contributed by atoms with Crippen molar-refractivity contribution in [2.45, 2.75) is 57.2 Å². The van der Waals surface area contributed by atoms with Gasteiger partial charge in [-0.2, -0.15) is 0 Å². The molecule has 0 bridgehead atoms. The second-order valence-corrected chi connectivity index (χ2v) is 6.26. The SMILES string of the molecule is CCOC1CC(NC(=O)C2COCCN2)C12CCCC2. The maximum absolute atomic E-state index is 12.3. The first-order chi connectivity index (χ1) is 9.76. The van der Waals surface area contributed by atoms with Crippen molar-refractivity contribution in [3.63, 3.8) is 0 Å². The van der Waals surface area contributed by atoms with Gasteiger partial charge in [0.15, 0.2) is 0 Å². The normalized spacial score (nSPS) is 35.8. The number of amides is 1. The van der Waals surface area contributed by atoms with Crippen molar-refractivity contribution in [1.29, 1.82) is 0 Å². The molecule has 0 aromatic carbocycles. The van der Waals surface area contributed by atoms with Crippen molar-refractivity contribution < 1.29 is 14.3 Å². The number of hydrogen-bond donors (Lipinski definition) is 2. The molecular weight excluding hydrogens is 256 g/mol. The zero-order valence-corrected chi connectivity index (χ0v) is 12.3. The van der Waals surface area contributed by atoms with Gasteiger partial charge in [0.2, 0.25) is 5.91 Å². The topological polar surface area (TPSA) is 59.6 Å². The van der Waals surface area contributed by atoms with Crippen LogP contribution in [0, 0.1) is 5.41 Å². The highest BCUT2D eigenvalue weighted by Gasteiger charge is 2.57. The third kappa shape index (κ3) is 2.47. The molecule has 114 valence electrons. The summed E-state index contributed by atoms with van der Waals surface area (Å²) in [7, 11) is 0. The summed E-state index contributed by atoms with van der Waals surface area (Å²) in [6, 6.07) is 0.103. The highest BCUT2D eigenvalue weighted by Crippen LogP contribution is 2.54. The third-order valence-corrected chi connectivity index (χ3v) is 5.24. The third-order valence-electron chi connectivity index (χ3n) is 5.24. The molecular formula is C15H26N2O3. The van der Waals surface area contributed by atoms with Gasteiger partial charge in [-0.1, -0.05) is 12.8 Å². The molecule has 3 unspecified atom stereocenters. The number of ether oxygens (including phenoxy) is 2. The summed E-state index contributed by atoms with van der Waals surface area (Å²) in [5.74, 6) is 0.0934. The summed E-state index contributed by atoms with van der Waals surface area (Å²) in [6.45, 7) is 4.77. The Morgan fingerprint density at radius 3 is 2.90 bits per heavy atom. The molecule has 5 heteroatoms. The van der Waals surface area contributed by atoms with E-state index in [1.54, 1.807) is 0 Å². The van der Waals surface area contributed by atoms with Gasteiger partial charge >= 0.3 is 0 Å². The van der Waals surface area contributed by atoms with Crippen LogP contribution in [-0.2, 0) is 14.3 Å². The van der Waals surface area contributed by atoms with Crippen molar-refractivity contribution in [1.82, 2.24) is 10.6 Å². The fraction of sp³-hybridized carbons (Fsp3) is 0.933. The van der Waals surface area contributed by atoms with Gasteiger partial charge in [0, 0.05) is 24.6 Å². The van der Waals surface area contributed by atoms with Crippen LogP contribution in [0.1, 0.15) is 39.0 Å². The lowest BCUT2D eigenvalue weighted by atomic mass is 9.60. The number of rotatable bonds is 4. The zero-order valence-electron chi connectivity index (χ0n) is 12.3.